The number of primary amides is 1. The molecule has 0 atom stereocenters. The lowest BCUT2D eigenvalue weighted by atomic mass is 9.89. The van der Waals surface area contributed by atoms with Crippen molar-refractivity contribution in [3.05, 3.63) is 100 Å². The third kappa shape index (κ3) is 4.43. The Hall–Kier alpha value is -4.52. The molecule has 7 heteroatoms. The first-order valence-electron chi connectivity index (χ1n) is 10.3. The van der Waals surface area contributed by atoms with E-state index in [0.717, 1.165) is 11.1 Å². The molecule has 3 aromatic carbocycles. The first-order valence-corrected chi connectivity index (χ1v) is 10.3. The van der Waals surface area contributed by atoms with Crippen LogP contribution in [0.3, 0.4) is 0 Å². The summed E-state index contributed by atoms with van der Waals surface area (Å²) in [6.07, 6.45) is 1.57. The molecule has 0 heterocycles. The SMILES string of the molecule is Cc1ccc(C(N)=O)cc1N/N=C1\C(=O)C(C(=O)Nc2ccccc2C)=Cc2ccccc21. The van der Waals surface area contributed by atoms with Crippen molar-refractivity contribution in [2.75, 3.05) is 10.7 Å². The Balaban J connectivity index is 1.70. The van der Waals surface area contributed by atoms with Crippen LogP contribution in [0.1, 0.15) is 32.6 Å². The van der Waals surface area contributed by atoms with Gasteiger partial charge in [-0.2, -0.15) is 5.10 Å². The molecule has 0 aliphatic heterocycles. The Morgan fingerprint density at radius 2 is 1.58 bits per heavy atom. The molecule has 3 aromatic rings. The zero-order chi connectivity index (χ0) is 23.5. The van der Waals surface area contributed by atoms with E-state index in [2.05, 4.69) is 15.8 Å². The highest BCUT2D eigenvalue weighted by molar-refractivity contribution is 6.59. The summed E-state index contributed by atoms with van der Waals surface area (Å²) in [5.41, 5.74) is 12.8. The van der Waals surface area contributed by atoms with Crippen LogP contribution < -0.4 is 16.5 Å². The largest absolute Gasteiger partial charge is 0.366 e. The van der Waals surface area contributed by atoms with E-state index in [4.69, 9.17) is 5.73 Å². The summed E-state index contributed by atoms with van der Waals surface area (Å²) in [4.78, 5) is 37.8. The number of carbonyl (C=O) groups excluding carboxylic acids is 3. The minimum absolute atomic E-state index is 0.0138. The number of nitrogens with zero attached hydrogens (tertiary/aromatic N) is 1. The number of rotatable bonds is 5. The Morgan fingerprint density at radius 1 is 0.879 bits per heavy atom. The van der Waals surface area contributed by atoms with E-state index in [9.17, 15) is 14.4 Å². The molecule has 164 valence electrons. The number of hydrazone groups is 1. The molecule has 0 spiro atoms. The van der Waals surface area contributed by atoms with Crippen molar-refractivity contribution in [3.63, 3.8) is 0 Å². The first-order chi connectivity index (χ1) is 15.8. The van der Waals surface area contributed by atoms with Gasteiger partial charge in [0.1, 0.15) is 5.71 Å². The van der Waals surface area contributed by atoms with E-state index in [1.807, 2.05) is 44.2 Å². The van der Waals surface area contributed by atoms with E-state index >= 15 is 0 Å². The summed E-state index contributed by atoms with van der Waals surface area (Å²) >= 11 is 0. The van der Waals surface area contributed by atoms with Gasteiger partial charge in [-0.3, -0.25) is 19.8 Å². The summed E-state index contributed by atoms with van der Waals surface area (Å²) in [6, 6.07) is 19.5. The van der Waals surface area contributed by atoms with Crippen LogP contribution in [0.25, 0.3) is 6.08 Å². The molecule has 1 aliphatic carbocycles. The van der Waals surface area contributed by atoms with Crippen LogP contribution in [0.15, 0.2) is 77.4 Å². The van der Waals surface area contributed by atoms with Crippen LogP contribution >= 0.6 is 0 Å². The number of ketones is 1. The zero-order valence-electron chi connectivity index (χ0n) is 18.2. The predicted octanol–water partition coefficient (Wildman–Crippen LogP) is 3.82. The Morgan fingerprint density at radius 3 is 2.33 bits per heavy atom. The van der Waals surface area contributed by atoms with Gasteiger partial charge in [-0.1, -0.05) is 48.5 Å². The molecule has 0 fully saturated rings. The standard InChI is InChI=1S/C26H22N4O3/c1-15-7-3-6-10-21(15)28-26(33)20-13-17-8-4-5-9-19(17)23(24(20)31)30-29-22-14-18(25(27)32)12-11-16(22)2/h3-14,29H,1-2H3,(H2,27,32)(H,28,33)/b30-23-. The second-order valence-electron chi connectivity index (χ2n) is 7.71. The number of carbonyl (C=O) groups is 3. The number of fused-ring (bicyclic) bond motifs is 1. The van der Waals surface area contributed by atoms with Crippen molar-refractivity contribution in [2.45, 2.75) is 13.8 Å². The maximum Gasteiger partial charge on any atom is 0.259 e. The Bertz CT molecular complexity index is 1360. The lowest BCUT2D eigenvalue weighted by Gasteiger charge is -2.18. The number of Topliss-reactive ketones (excluding diaryl/α,β-unsaturated/α-hetero) is 1. The molecule has 1 aliphatic rings. The zero-order valence-corrected chi connectivity index (χ0v) is 18.2. The third-order valence-corrected chi connectivity index (χ3v) is 5.42. The quantitative estimate of drug-likeness (QED) is 0.415. The maximum absolute atomic E-state index is 13.3. The molecule has 33 heavy (non-hydrogen) atoms. The van der Waals surface area contributed by atoms with Gasteiger partial charge in [-0.15, -0.1) is 0 Å². The number of amides is 2. The highest BCUT2D eigenvalue weighted by Crippen LogP contribution is 2.25. The van der Waals surface area contributed by atoms with Crippen LogP contribution in [-0.4, -0.2) is 23.3 Å². The number of nitrogens with one attached hydrogen (secondary N) is 2. The molecule has 7 nitrogen and oxygen atoms in total. The van der Waals surface area contributed by atoms with Crippen molar-refractivity contribution in [3.8, 4) is 0 Å². The molecule has 4 rings (SSSR count). The van der Waals surface area contributed by atoms with Crippen LogP contribution in [0.4, 0.5) is 11.4 Å². The topological polar surface area (TPSA) is 114 Å². The molecule has 0 saturated heterocycles. The average molecular weight is 438 g/mol. The normalized spacial score (nSPS) is 13.8. The molecule has 2 amide bonds. The van der Waals surface area contributed by atoms with E-state index in [0.29, 0.717) is 28.1 Å². The molecule has 0 radical (unpaired) electrons. The smallest absolute Gasteiger partial charge is 0.259 e. The Labute approximate surface area is 191 Å². The fourth-order valence-electron chi connectivity index (χ4n) is 3.50. The van der Waals surface area contributed by atoms with Crippen molar-refractivity contribution in [1.82, 2.24) is 0 Å². The van der Waals surface area contributed by atoms with Crippen molar-refractivity contribution >= 4 is 40.8 Å². The summed E-state index contributed by atoms with van der Waals surface area (Å²) in [5, 5.41) is 7.15. The van der Waals surface area contributed by atoms with E-state index in [-0.39, 0.29) is 11.3 Å². The van der Waals surface area contributed by atoms with Crippen molar-refractivity contribution < 1.29 is 14.4 Å². The van der Waals surface area contributed by atoms with Gasteiger partial charge in [0.2, 0.25) is 11.7 Å². The Kier molecular flexibility index (Phi) is 5.87. The fraction of sp³-hybridized carbons (Fsp3) is 0.0769. The number of hydrogen-bond acceptors (Lipinski definition) is 5. The molecule has 0 saturated carbocycles. The molecule has 0 unspecified atom stereocenters. The summed E-state index contributed by atoms with van der Waals surface area (Å²) in [7, 11) is 0. The van der Waals surface area contributed by atoms with Crippen LogP contribution in [0.5, 0.6) is 0 Å². The van der Waals surface area contributed by atoms with Crippen LogP contribution in [0, 0.1) is 13.8 Å². The van der Waals surface area contributed by atoms with Crippen molar-refractivity contribution in [1.29, 1.82) is 0 Å². The first kappa shape index (κ1) is 21.7. The van der Waals surface area contributed by atoms with Gasteiger partial charge in [0.05, 0.1) is 11.3 Å². The summed E-state index contributed by atoms with van der Waals surface area (Å²) < 4.78 is 0. The molecular weight excluding hydrogens is 416 g/mol. The third-order valence-electron chi connectivity index (χ3n) is 5.42. The molecule has 4 N–H and O–H groups in total. The van der Waals surface area contributed by atoms with Gasteiger partial charge in [0, 0.05) is 16.8 Å². The van der Waals surface area contributed by atoms with Gasteiger partial charge in [-0.05, 0) is 54.8 Å². The summed E-state index contributed by atoms with van der Waals surface area (Å²) in [6.45, 7) is 3.71. The molecule has 0 aromatic heterocycles. The number of anilines is 2. The van der Waals surface area contributed by atoms with Gasteiger partial charge in [0.25, 0.3) is 5.91 Å². The van der Waals surface area contributed by atoms with Gasteiger partial charge in [0.15, 0.2) is 0 Å². The monoisotopic (exact) mass is 438 g/mol. The molecule has 0 bridgehead atoms. The summed E-state index contributed by atoms with van der Waals surface area (Å²) in [5.74, 6) is -1.58. The minimum Gasteiger partial charge on any atom is -0.366 e. The number of nitrogens with two attached hydrogens (primary N) is 1. The highest BCUT2D eigenvalue weighted by Gasteiger charge is 2.30. The maximum atomic E-state index is 13.3. The number of aryl methyl sites for hydroxylation is 2. The average Bonchev–Trinajstić information content (AvgIpc) is 2.80. The van der Waals surface area contributed by atoms with E-state index < -0.39 is 17.6 Å². The second kappa shape index (κ2) is 8.92. The highest BCUT2D eigenvalue weighted by atomic mass is 16.2. The number of benzene rings is 3. The minimum atomic E-state index is -0.567. The van der Waals surface area contributed by atoms with Crippen LogP contribution in [-0.2, 0) is 9.59 Å². The van der Waals surface area contributed by atoms with Gasteiger partial charge in [-0.25, -0.2) is 0 Å². The number of para-hydroxylation sites is 1. The number of hydrogen-bond donors (Lipinski definition) is 3. The van der Waals surface area contributed by atoms with E-state index in [1.54, 1.807) is 42.5 Å². The lowest BCUT2D eigenvalue weighted by molar-refractivity contribution is -0.116. The lowest BCUT2D eigenvalue weighted by Crippen LogP contribution is -2.30. The second-order valence-corrected chi connectivity index (χ2v) is 7.71. The predicted molar refractivity (Wildman–Crippen MR) is 129 cm³/mol. The van der Waals surface area contributed by atoms with Crippen LogP contribution in [0.2, 0.25) is 0 Å². The fourth-order valence-corrected chi connectivity index (χ4v) is 3.50. The van der Waals surface area contributed by atoms with Gasteiger partial charge < -0.3 is 11.1 Å². The van der Waals surface area contributed by atoms with Crippen molar-refractivity contribution in [2.24, 2.45) is 10.8 Å². The van der Waals surface area contributed by atoms with Gasteiger partial charge >= 0.3 is 0 Å². The molecular formula is C26H22N4O3. The van der Waals surface area contributed by atoms with E-state index in [1.165, 1.54) is 0 Å².